The fourth-order valence-corrected chi connectivity index (χ4v) is 2.86. The summed E-state index contributed by atoms with van der Waals surface area (Å²) in [5, 5.41) is 0. The van der Waals surface area contributed by atoms with Crippen molar-refractivity contribution in [3.8, 4) is 11.5 Å². The molecule has 0 fully saturated rings. The first-order valence-electron chi connectivity index (χ1n) is 10.4. The Kier molecular flexibility index (Phi) is 8.23. The largest absolute Gasteiger partial charge is 0.494 e. The quantitative estimate of drug-likeness (QED) is 0.248. The summed E-state index contributed by atoms with van der Waals surface area (Å²) in [6.45, 7) is 3.00. The Balaban J connectivity index is 1.51. The molecule has 0 saturated heterocycles. The molecule has 0 amide bonds. The van der Waals surface area contributed by atoms with Gasteiger partial charge in [-0.15, -0.1) is 0 Å². The third kappa shape index (κ3) is 7.00. The smallest absolute Gasteiger partial charge is 0.343 e. The van der Waals surface area contributed by atoms with Crippen LogP contribution in [-0.2, 0) is 11.2 Å². The molecule has 0 aliphatic heterocycles. The molecule has 0 saturated carbocycles. The van der Waals surface area contributed by atoms with E-state index in [1.807, 2.05) is 36.4 Å². The number of rotatable bonds is 10. The average molecular weight is 418 g/mol. The highest BCUT2D eigenvalue weighted by molar-refractivity contribution is 5.92. The van der Waals surface area contributed by atoms with Gasteiger partial charge in [-0.1, -0.05) is 49.7 Å². The van der Waals surface area contributed by atoms with E-state index in [1.165, 1.54) is 0 Å². The molecule has 0 aliphatic rings. The summed E-state index contributed by atoms with van der Waals surface area (Å²) in [5.74, 6) is 0.0875. The number of carbonyl (C=O) groups is 2. The molecule has 3 aromatic rings. The molecule has 0 unspecified atom stereocenters. The maximum absolute atomic E-state index is 12.4. The molecule has 31 heavy (non-hydrogen) atoms. The van der Waals surface area contributed by atoms with E-state index in [4.69, 9.17) is 14.2 Å². The Morgan fingerprint density at radius 2 is 1.52 bits per heavy atom. The van der Waals surface area contributed by atoms with E-state index in [0.29, 0.717) is 42.3 Å². The van der Waals surface area contributed by atoms with Gasteiger partial charge in [0.1, 0.15) is 11.5 Å². The fraction of sp³-hybridized carbons (Fsp3) is 0.231. The van der Waals surface area contributed by atoms with Gasteiger partial charge in [-0.25, -0.2) is 9.59 Å². The molecule has 0 heterocycles. The summed E-state index contributed by atoms with van der Waals surface area (Å²) in [5.41, 5.74) is 1.91. The average Bonchev–Trinajstić information content (AvgIpc) is 2.80. The van der Waals surface area contributed by atoms with Crippen LogP contribution in [-0.4, -0.2) is 25.2 Å². The molecule has 0 radical (unpaired) electrons. The predicted molar refractivity (Wildman–Crippen MR) is 119 cm³/mol. The van der Waals surface area contributed by atoms with E-state index in [2.05, 4.69) is 6.92 Å². The van der Waals surface area contributed by atoms with Crippen LogP contribution in [0.1, 0.15) is 46.0 Å². The van der Waals surface area contributed by atoms with Crippen LogP contribution in [0, 0.1) is 0 Å². The normalized spacial score (nSPS) is 10.4. The molecule has 0 aromatic heterocycles. The molecule has 3 rings (SSSR count). The minimum atomic E-state index is -0.487. The van der Waals surface area contributed by atoms with Crippen LogP contribution in [0.4, 0.5) is 0 Å². The van der Waals surface area contributed by atoms with Gasteiger partial charge in [0.05, 0.1) is 24.3 Å². The number of unbranched alkanes of at least 4 members (excludes halogenated alkanes) is 1. The summed E-state index contributed by atoms with van der Waals surface area (Å²) in [6, 6.07) is 23.0. The van der Waals surface area contributed by atoms with Crippen LogP contribution in [0.25, 0.3) is 0 Å². The van der Waals surface area contributed by atoms with Crippen LogP contribution in [0.5, 0.6) is 11.5 Å². The van der Waals surface area contributed by atoms with E-state index in [0.717, 1.165) is 18.4 Å². The van der Waals surface area contributed by atoms with Crippen LogP contribution >= 0.6 is 0 Å². The number of carbonyl (C=O) groups excluding carboxylic acids is 2. The molecule has 0 aliphatic carbocycles. The Morgan fingerprint density at radius 3 is 2.26 bits per heavy atom. The highest BCUT2D eigenvalue weighted by Gasteiger charge is 2.12. The van der Waals surface area contributed by atoms with Crippen molar-refractivity contribution in [2.75, 3.05) is 13.2 Å². The molecule has 0 bridgehead atoms. The van der Waals surface area contributed by atoms with Crippen molar-refractivity contribution in [1.82, 2.24) is 0 Å². The highest BCUT2D eigenvalue weighted by atomic mass is 16.5. The van der Waals surface area contributed by atoms with Crippen molar-refractivity contribution in [1.29, 1.82) is 0 Å². The Morgan fingerprint density at radius 1 is 0.742 bits per heavy atom. The topological polar surface area (TPSA) is 61.8 Å². The number of esters is 2. The summed E-state index contributed by atoms with van der Waals surface area (Å²) in [6.07, 6.45) is 2.65. The zero-order chi connectivity index (χ0) is 21.9. The van der Waals surface area contributed by atoms with E-state index in [-0.39, 0.29) is 0 Å². The van der Waals surface area contributed by atoms with Crippen LogP contribution in [0.2, 0.25) is 0 Å². The number of benzene rings is 3. The summed E-state index contributed by atoms with van der Waals surface area (Å²) >= 11 is 0. The van der Waals surface area contributed by atoms with Gasteiger partial charge in [0.25, 0.3) is 0 Å². The summed E-state index contributed by atoms with van der Waals surface area (Å²) < 4.78 is 16.4. The highest BCUT2D eigenvalue weighted by Crippen LogP contribution is 2.18. The Bertz CT molecular complexity index is 980. The molecule has 0 N–H and O–H groups in total. The van der Waals surface area contributed by atoms with Crippen molar-refractivity contribution in [2.24, 2.45) is 0 Å². The lowest BCUT2D eigenvalue weighted by atomic mass is 10.2. The van der Waals surface area contributed by atoms with Crippen molar-refractivity contribution in [3.05, 3.63) is 95.6 Å². The Labute approximate surface area is 182 Å². The first-order chi connectivity index (χ1) is 15.2. The molecular formula is C26H26O5. The van der Waals surface area contributed by atoms with Gasteiger partial charge in [-0.2, -0.15) is 0 Å². The third-order valence-corrected chi connectivity index (χ3v) is 4.60. The SMILES string of the molecule is CCCCOc1cccc(C(=O)Oc2ccc(C(=O)OCCc3ccccc3)cc2)c1. The summed E-state index contributed by atoms with van der Waals surface area (Å²) in [7, 11) is 0. The Hall–Kier alpha value is -3.60. The number of hydrogen-bond donors (Lipinski definition) is 0. The van der Waals surface area contributed by atoms with Gasteiger partial charge in [-0.05, 0) is 54.4 Å². The van der Waals surface area contributed by atoms with E-state index < -0.39 is 11.9 Å². The zero-order valence-corrected chi connectivity index (χ0v) is 17.6. The number of hydrogen-bond acceptors (Lipinski definition) is 5. The maximum Gasteiger partial charge on any atom is 0.343 e. The van der Waals surface area contributed by atoms with Crippen molar-refractivity contribution in [2.45, 2.75) is 26.2 Å². The molecule has 5 heteroatoms. The van der Waals surface area contributed by atoms with Crippen LogP contribution < -0.4 is 9.47 Å². The molecular weight excluding hydrogens is 392 g/mol. The zero-order valence-electron chi connectivity index (χ0n) is 17.6. The first-order valence-corrected chi connectivity index (χ1v) is 10.4. The van der Waals surface area contributed by atoms with Gasteiger partial charge < -0.3 is 14.2 Å². The lowest BCUT2D eigenvalue weighted by Crippen LogP contribution is -2.10. The summed E-state index contributed by atoms with van der Waals surface area (Å²) in [4.78, 5) is 24.6. The predicted octanol–water partition coefficient (Wildman–Crippen LogP) is 5.48. The van der Waals surface area contributed by atoms with Crippen molar-refractivity contribution >= 4 is 11.9 Å². The van der Waals surface area contributed by atoms with Gasteiger partial charge in [0, 0.05) is 6.42 Å². The molecule has 3 aromatic carbocycles. The molecule has 160 valence electrons. The van der Waals surface area contributed by atoms with E-state index >= 15 is 0 Å². The van der Waals surface area contributed by atoms with Crippen LogP contribution in [0.3, 0.4) is 0 Å². The van der Waals surface area contributed by atoms with Crippen molar-refractivity contribution < 1.29 is 23.8 Å². The second-order valence-electron chi connectivity index (χ2n) is 7.02. The molecule has 0 atom stereocenters. The third-order valence-electron chi connectivity index (χ3n) is 4.60. The van der Waals surface area contributed by atoms with Gasteiger partial charge in [0.15, 0.2) is 0 Å². The minimum absolute atomic E-state index is 0.302. The van der Waals surface area contributed by atoms with Crippen LogP contribution in [0.15, 0.2) is 78.9 Å². The lowest BCUT2D eigenvalue weighted by Gasteiger charge is -2.09. The fourth-order valence-electron chi connectivity index (χ4n) is 2.86. The number of ether oxygens (including phenoxy) is 3. The molecule has 0 spiro atoms. The van der Waals surface area contributed by atoms with E-state index in [9.17, 15) is 9.59 Å². The molecule has 5 nitrogen and oxygen atoms in total. The second kappa shape index (κ2) is 11.6. The van der Waals surface area contributed by atoms with Gasteiger partial charge in [0.2, 0.25) is 0 Å². The monoisotopic (exact) mass is 418 g/mol. The lowest BCUT2D eigenvalue weighted by molar-refractivity contribution is 0.0509. The standard InChI is InChI=1S/C26H26O5/c1-2-3-17-29-24-11-7-10-22(19-24)26(28)31-23-14-12-21(13-15-23)25(27)30-18-16-20-8-5-4-6-9-20/h4-15,19H,2-3,16-18H2,1H3. The van der Waals surface area contributed by atoms with E-state index in [1.54, 1.807) is 42.5 Å². The van der Waals surface area contributed by atoms with Gasteiger partial charge >= 0.3 is 11.9 Å². The second-order valence-corrected chi connectivity index (χ2v) is 7.02. The first kappa shape index (κ1) is 22.1. The van der Waals surface area contributed by atoms with Gasteiger partial charge in [-0.3, -0.25) is 0 Å². The minimum Gasteiger partial charge on any atom is -0.494 e. The van der Waals surface area contributed by atoms with Crippen molar-refractivity contribution in [3.63, 3.8) is 0 Å². The maximum atomic E-state index is 12.4.